The summed E-state index contributed by atoms with van der Waals surface area (Å²) in [7, 11) is -3.59. The quantitative estimate of drug-likeness (QED) is 0.609. The molecular formula is C17H19ClO4S. The average molecular weight is 355 g/mol. The van der Waals surface area contributed by atoms with Gasteiger partial charge in [0, 0.05) is 16.8 Å². The molecule has 0 aliphatic carbocycles. The molecule has 0 amide bonds. The summed E-state index contributed by atoms with van der Waals surface area (Å²) in [5.74, 6) is 0.261. The minimum Gasteiger partial charge on any atom is -0.508 e. The lowest BCUT2D eigenvalue weighted by molar-refractivity contribution is 0.448. The number of benzene rings is 2. The van der Waals surface area contributed by atoms with E-state index in [1.807, 2.05) is 0 Å². The first-order chi connectivity index (χ1) is 10.8. The lowest BCUT2D eigenvalue weighted by Crippen LogP contribution is -2.19. The van der Waals surface area contributed by atoms with E-state index >= 15 is 0 Å². The van der Waals surface area contributed by atoms with Crippen LogP contribution in [-0.4, -0.2) is 29.8 Å². The first-order valence-electron chi connectivity index (χ1n) is 7.20. The molecule has 0 aliphatic heterocycles. The summed E-state index contributed by atoms with van der Waals surface area (Å²) in [6.45, 7) is 5.20. The molecule has 0 aromatic heterocycles. The van der Waals surface area contributed by atoms with E-state index in [-0.39, 0.29) is 16.4 Å². The van der Waals surface area contributed by atoms with Gasteiger partial charge in [0.1, 0.15) is 11.5 Å². The van der Waals surface area contributed by atoms with Crippen LogP contribution in [0.3, 0.4) is 0 Å². The number of halogens is 1. The number of hydrogen-bond donors (Lipinski definition) is 2. The Labute approximate surface area is 140 Å². The molecule has 1 atom stereocenters. The van der Waals surface area contributed by atoms with Crippen molar-refractivity contribution in [1.82, 2.24) is 0 Å². The molecule has 2 rings (SSSR count). The lowest BCUT2D eigenvalue weighted by atomic mass is 10.1. The van der Waals surface area contributed by atoms with Gasteiger partial charge in [-0.1, -0.05) is 6.08 Å². The molecule has 0 spiro atoms. The van der Waals surface area contributed by atoms with Crippen molar-refractivity contribution in [3.8, 4) is 11.5 Å². The molecule has 1 unspecified atom stereocenters. The number of fused-ring (bicyclic) bond motifs is 1. The predicted octanol–water partition coefficient (Wildman–Crippen LogP) is 3.91. The second-order valence-corrected chi connectivity index (χ2v) is 7.95. The number of phenols is 2. The van der Waals surface area contributed by atoms with Crippen molar-refractivity contribution in [3.05, 3.63) is 42.5 Å². The molecule has 6 heteroatoms. The van der Waals surface area contributed by atoms with Gasteiger partial charge in [0.2, 0.25) is 0 Å². The zero-order chi connectivity index (χ0) is 17.2. The van der Waals surface area contributed by atoms with Crippen LogP contribution in [0, 0.1) is 6.92 Å². The number of phenolic OH excluding ortho intramolecular Hbond substituents is 2. The minimum absolute atomic E-state index is 0.0497. The van der Waals surface area contributed by atoms with Gasteiger partial charge in [0.25, 0.3) is 0 Å². The molecule has 0 saturated carbocycles. The van der Waals surface area contributed by atoms with Crippen LogP contribution in [0.25, 0.3) is 10.8 Å². The number of aromatic hydroxyl groups is 2. The highest BCUT2D eigenvalue weighted by molar-refractivity contribution is 7.92. The van der Waals surface area contributed by atoms with Crippen molar-refractivity contribution in [2.45, 2.75) is 29.9 Å². The fourth-order valence-corrected chi connectivity index (χ4v) is 4.27. The molecule has 0 bridgehead atoms. The Kier molecular flexibility index (Phi) is 5.22. The maximum absolute atomic E-state index is 12.7. The van der Waals surface area contributed by atoms with Crippen LogP contribution in [-0.2, 0) is 9.84 Å². The second kappa shape index (κ2) is 6.81. The summed E-state index contributed by atoms with van der Waals surface area (Å²) in [5.41, 5.74) is 0.360. The Hall–Kier alpha value is -1.72. The molecule has 0 aliphatic rings. The summed E-state index contributed by atoms with van der Waals surface area (Å²) in [5, 5.41) is 20.1. The standard InChI is InChI=1S/C17H19ClO4S/c1-3-13(5-4-8-18)23(21,22)14-6-7-15-12(9-14)10-16(19)11(2)17(15)20/h3,6-7,9-10,13,19-20H,1,4-5,8H2,2H3. The van der Waals surface area contributed by atoms with E-state index < -0.39 is 15.1 Å². The van der Waals surface area contributed by atoms with Crippen molar-refractivity contribution in [2.24, 2.45) is 0 Å². The largest absolute Gasteiger partial charge is 0.508 e. The van der Waals surface area contributed by atoms with E-state index in [0.717, 1.165) is 0 Å². The molecule has 0 fully saturated rings. The third kappa shape index (κ3) is 3.31. The third-order valence-electron chi connectivity index (χ3n) is 3.92. The van der Waals surface area contributed by atoms with E-state index in [1.165, 1.54) is 24.3 Å². The minimum atomic E-state index is -3.59. The first-order valence-corrected chi connectivity index (χ1v) is 9.28. The molecule has 2 aromatic carbocycles. The van der Waals surface area contributed by atoms with E-state index in [1.54, 1.807) is 13.0 Å². The molecule has 2 N–H and O–H groups in total. The van der Waals surface area contributed by atoms with Gasteiger partial charge in [-0.2, -0.15) is 0 Å². The second-order valence-electron chi connectivity index (χ2n) is 5.40. The highest BCUT2D eigenvalue weighted by Crippen LogP contribution is 2.36. The summed E-state index contributed by atoms with van der Waals surface area (Å²) in [6.07, 6.45) is 2.39. The van der Waals surface area contributed by atoms with Crippen molar-refractivity contribution < 1.29 is 18.6 Å². The van der Waals surface area contributed by atoms with Gasteiger partial charge in [-0.3, -0.25) is 0 Å². The Bertz CT molecular complexity index is 843. The van der Waals surface area contributed by atoms with Crippen molar-refractivity contribution in [3.63, 3.8) is 0 Å². The summed E-state index contributed by atoms with van der Waals surface area (Å²) < 4.78 is 25.4. The van der Waals surface area contributed by atoms with Gasteiger partial charge in [-0.05, 0) is 49.4 Å². The first kappa shape index (κ1) is 17.6. The number of alkyl halides is 1. The van der Waals surface area contributed by atoms with Crippen LogP contribution < -0.4 is 0 Å². The van der Waals surface area contributed by atoms with Gasteiger partial charge in [-0.25, -0.2) is 8.42 Å². The molecule has 0 saturated heterocycles. The SMILES string of the molecule is C=CC(CCCCl)S(=O)(=O)c1ccc2c(O)c(C)c(O)cc2c1. The topological polar surface area (TPSA) is 74.6 Å². The monoisotopic (exact) mass is 354 g/mol. The zero-order valence-electron chi connectivity index (χ0n) is 12.8. The van der Waals surface area contributed by atoms with E-state index in [2.05, 4.69) is 6.58 Å². The Morgan fingerprint density at radius 2 is 2.00 bits per heavy atom. The van der Waals surface area contributed by atoms with Gasteiger partial charge >= 0.3 is 0 Å². The van der Waals surface area contributed by atoms with Gasteiger partial charge in [0.15, 0.2) is 9.84 Å². The van der Waals surface area contributed by atoms with Crippen LogP contribution in [0.1, 0.15) is 18.4 Å². The van der Waals surface area contributed by atoms with E-state index in [0.29, 0.717) is 35.1 Å². The molecule has 2 aromatic rings. The molecular weight excluding hydrogens is 336 g/mol. The Morgan fingerprint density at radius 3 is 2.61 bits per heavy atom. The van der Waals surface area contributed by atoms with Crippen LogP contribution in [0.4, 0.5) is 0 Å². The highest BCUT2D eigenvalue weighted by atomic mass is 35.5. The van der Waals surface area contributed by atoms with Crippen LogP contribution in [0.5, 0.6) is 11.5 Å². The van der Waals surface area contributed by atoms with Gasteiger partial charge in [0.05, 0.1) is 10.1 Å². The molecule has 23 heavy (non-hydrogen) atoms. The maximum Gasteiger partial charge on any atom is 0.184 e. The van der Waals surface area contributed by atoms with E-state index in [9.17, 15) is 18.6 Å². The number of rotatable bonds is 6. The fraction of sp³-hybridized carbons (Fsp3) is 0.294. The van der Waals surface area contributed by atoms with Crippen LogP contribution in [0.2, 0.25) is 0 Å². The Balaban J connectivity index is 2.55. The predicted molar refractivity (Wildman–Crippen MR) is 93.1 cm³/mol. The summed E-state index contributed by atoms with van der Waals surface area (Å²) in [4.78, 5) is 0.132. The highest BCUT2D eigenvalue weighted by Gasteiger charge is 2.25. The molecule has 124 valence electrons. The maximum atomic E-state index is 12.7. The third-order valence-corrected chi connectivity index (χ3v) is 6.33. The van der Waals surface area contributed by atoms with Crippen molar-refractivity contribution in [1.29, 1.82) is 0 Å². The van der Waals surface area contributed by atoms with Gasteiger partial charge < -0.3 is 10.2 Å². The summed E-state index contributed by atoms with van der Waals surface area (Å²) in [6, 6.07) is 5.92. The van der Waals surface area contributed by atoms with E-state index in [4.69, 9.17) is 11.6 Å². The number of hydrogen-bond acceptors (Lipinski definition) is 4. The lowest BCUT2D eigenvalue weighted by Gasteiger charge is -2.14. The number of sulfone groups is 1. The molecule has 0 heterocycles. The molecule has 0 radical (unpaired) electrons. The fourth-order valence-electron chi connectivity index (χ4n) is 2.48. The molecule has 4 nitrogen and oxygen atoms in total. The summed E-state index contributed by atoms with van der Waals surface area (Å²) >= 11 is 5.64. The van der Waals surface area contributed by atoms with Crippen molar-refractivity contribution >= 4 is 32.2 Å². The average Bonchev–Trinajstić information content (AvgIpc) is 2.52. The Morgan fingerprint density at radius 1 is 1.30 bits per heavy atom. The van der Waals surface area contributed by atoms with Gasteiger partial charge in [-0.15, -0.1) is 18.2 Å². The normalized spacial score (nSPS) is 13.1. The van der Waals surface area contributed by atoms with Crippen molar-refractivity contribution in [2.75, 3.05) is 5.88 Å². The van der Waals surface area contributed by atoms with Crippen LogP contribution >= 0.6 is 11.6 Å². The zero-order valence-corrected chi connectivity index (χ0v) is 14.4. The van der Waals surface area contributed by atoms with Crippen LogP contribution in [0.15, 0.2) is 41.8 Å². The smallest absolute Gasteiger partial charge is 0.184 e.